The summed E-state index contributed by atoms with van der Waals surface area (Å²) < 4.78 is 5.84. The molecule has 0 radical (unpaired) electrons. The second kappa shape index (κ2) is 7.87. The SMILES string of the molecule is COc1ccc(Br)c(NC(=O)N(CCC(=O)O)C(C)C)c1. The van der Waals surface area contributed by atoms with E-state index in [0.717, 1.165) is 4.47 Å². The Morgan fingerprint density at radius 3 is 2.62 bits per heavy atom. The molecule has 0 saturated carbocycles. The minimum absolute atomic E-state index is 0.0924. The van der Waals surface area contributed by atoms with Gasteiger partial charge < -0.3 is 20.1 Å². The summed E-state index contributed by atoms with van der Waals surface area (Å²) >= 11 is 3.35. The van der Waals surface area contributed by atoms with Gasteiger partial charge in [-0.2, -0.15) is 0 Å². The monoisotopic (exact) mass is 358 g/mol. The number of urea groups is 1. The maximum atomic E-state index is 12.3. The second-order valence-corrected chi connectivity index (χ2v) is 5.56. The fraction of sp³-hybridized carbons (Fsp3) is 0.429. The molecule has 1 aromatic rings. The fourth-order valence-corrected chi connectivity index (χ4v) is 2.07. The number of nitrogens with zero attached hydrogens (tertiary/aromatic N) is 1. The van der Waals surface area contributed by atoms with E-state index in [-0.39, 0.29) is 25.0 Å². The summed E-state index contributed by atoms with van der Waals surface area (Å²) in [5, 5.41) is 11.5. The number of ether oxygens (including phenoxy) is 1. The van der Waals surface area contributed by atoms with Gasteiger partial charge in [-0.3, -0.25) is 4.79 Å². The first-order valence-electron chi connectivity index (χ1n) is 6.48. The molecule has 0 aliphatic rings. The number of rotatable bonds is 6. The van der Waals surface area contributed by atoms with Crippen LogP contribution in [0.15, 0.2) is 22.7 Å². The molecule has 7 heteroatoms. The Hall–Kier alpha value is -1.76. The molecule has 2 amide bonds. The van der Waals surface area contributed by atoms with Crippen molar-refractivity contribution >= 4 is 33.6 Å². The first-order chi connectivity index (χ1) is 9.85. The third kappa shape index (κ3) is 5.26. The molecule has 0 fully saturated rings. The van der Waals surface area contributed by atoms with Crippen LogP contribution in [0.1, 0.15) is 20.3 Å². The van der Waals surface area contributed by atoms with Gasteiger partial charge in [0, 0.05) is 23.1 Å². The van der Waals surface area contributed by atoms with E-state index >= 15 is 0 Å². The molecule has 0 atom stereocenters. The molecular formula is C14H19BrN2O4. The smallest absolute Gasteiger partial charge is 0.322 e. The van der Waals surface area contributed by atoms with Crippen molar-refractivity contribution in [3.8, 4) is 5.75 Å². The summed E-state index contributed by atoms with van der Waals surface area (Å²) in [5.41, 5.74) is 0.570. The summed E-state index contributed by atoms with van der Waals surface area (Å²) in [6, 6.07) is 4.78. The molecule has 0 aromatic heterocycles. The van der Waals surface area contributed by atoms with E-state index in [0.29, 0.717) is 11.4 Å². The highest BCUT2D eigenvalue weighted by Gasteiger charge is 2.19. The van der Waals surface area contributed by atoms with Gasteiger partial charge in [-0.15, -0.1) is 0 Å². The van der Waals surface area contributed by atoms with E-state index in [1.54, 1.807) is 25.3 Å². The molecule has 0 saturated heterocycles. The van der Waals surface area contributed by atoms with Gasteiger partial charge in [0.05, 0.1) is 19.2 Å². The third-order valence-electron chi connectivity index (χ3n) is 2.87. The Morgan fingerprint density at radius 1 is 1.43 bits per heavy atom. The molecule has 21 heavy (non-hydrogen) atoms. The lowest BCUT2D eigenvalue weighted by Gasteiger charge is -2.26. The number of halogens is 1. The number of amides is 2. The van der Waals surface area contributed by atoms with Crippen molar-refractivity contribution in [1.82, 2.24) is 4.90 Å². The van der Waals surface area contributed by atoms with Crippen LogP contribution in [0, 0.1) is 0 Å². The fourth-order valence-electron chi connectivity index (χ4n) is 1.72. The third-order valence-corrected chi connectivity index (χ3v) is 3.56. The van der Waals surface area contributed by atoms with Gasteiger partial charge in [-0.25, -0.2) is 4.79 Å². The lowest BCUT2D eigenvalue weighted by molar-refractivity contribution is -0.137. The van der Waals surface area contributed by atoms with Gasteiger partial charge >= 0.3 is 12.0 Å². The van der Waals surface area contributed by atoms with Crippen molar-refractivity contribution in [3.63, 3.8) is 0 Å². The normalized spacial score (nSPS) is 10.3. The van der Waals surface area contributed by atoms with E-state index in [1.807, 2.05) is 13.8 Å². The predicted molar refractivity (Wildman–Crippen MR) is 83.8 cm³/mol. The van der Waals surface area contributed by atoms with Crippen molar-refractivity contribution in [3.05, 3.63) is 22.7 Å². The van der Waals surface area contributed by atoms with Crippen LogP contribution in [0.2, 0.25) is 0 Å². The van der Waals surface area contributed by atoms with Crippen molar-refractivity contribution in [1.29, 1.82) is 0 Å². The number of carbonyl (C=O) groups is 2. The number of methoxy groups -OCH3 is 1. The number of hydrogen-bond acceptors (Lipinski definition) is 3. The minimum atomic E-state index is -0.934. The summed E-state index contributed by atoms with van der Waals surface area (Å²) in [4.78, 5) is 24.4. The van der Waals surface area contributed by atoms with Gasteiger partial charge in [-0.1, -0.05) is 0 Å². The molecule has 2 N–H and O–H groups in total. The largest absolute Gasteiger partial charge is 0.497 e. The van der Waals surface area contributed by atoms with Gasteiger partial charge in [0.15, 0.2) is 0 Å². The van der Waals surface area contributed by atoms with Crippen LogP contribution in [0.5, 0.6) is 5.75 Å². The molecule has 0 unspecified atom stereocenters. The van der Waals surface area contributed by atoms with E-state index in [2.05, 4.69) is 21.2 Å². The van der Waals surface area contributed by atoms with Crippen molar-refractivity contribution in [2.24, 2.45) is 0 Å². The summed E-state index contributed by atoms with van der Waals surface area (Å²) in [5.74, 6) is -0.314. The maximum absolute atomic E-state index is 12.3. The second-order valence-electron chi connectivity index (χ2n) is 4.71. The number of carboxylic acids is 1. The number of carbonyl (C=O) groups excluding carboxylic acids is 1. The van der Waals surface area contributed by atoms with Gasteiger partial charge in [-0.05, 0) is 41.9 Å². The van der Waals surface area contributed by atoms with Crippen molar-refractivity contribution in [2.75, 3.05) is 19.0 Å². The first kappa shape index (κ1) is 17.3. The van der Waals surface area contributed by atoms with Crippen molar-refractivity contribution < 1.29 is 19.4 Å². The standard InChI is InChI=1S/C14H19BrN2O4/c1-9(2)17(7-6-13(18)19)14(20)16-12-8-10(21-3)4-5-11(12)15/h4-5,8-9H,6-7H2,1-3H3,(H,16,20)(H,18,19). The molecule has 1 aromatic carbocycles. The number of hydrogen-bond donors (Lipinski definition) is 2. The first-order valence-corrected chi connectivity index (χ1v) is 7.27. The summed E-state index contributed by atoms with van der Waals surface area (Å²) in [7, 11) is 1.54. The zero-order chi connectivity index (χ0) is 16.0. The average Bonchev–Trinajstić information content (AvgIpc) is 2.40. The topological polar surface area (TPSA) is 78.9 Å². The molecule has 0 bridgehead atoms. The summed E-state index contributed by atoms with van der Waals surface area (Å²) in [6.45, 7) is 3.82. The Balaban J connectivity index is 2.83. The van der Waals surface area contributed by atoms with E-state index < -0.39 is 5.97 Å². The van der Waals surface area contributed by atoms with Gasteiger partial charge in [0.2, 0.25) is 0 Å². The van der Waals surface area contributed by atoms with Crippen LogP contribution in [-0.2, 0) is 4.79 Å². The molecule has 0 aliphatic heterocycles. The Morgan fingerprint density at radius 2 is 2.10 bits per heavy atom. The summed E-state index contributed by atoms with van der Waals surface area (Å²) in [6.07, 6.45) is -0.0924. The van der Waals surface area contributed by atoms with Crippen LogP contribution in [0.3, 0.4) is 0 Å². The van der Waals surface area contributed by atoms with E-state index in [1.165, 1.54) is 4.90 Å². The quantitative estimate of drug-likeness (QED) is 0.818. The molecular weight excluding hydrogens is 340 g/mol. The Bertz CT molecular complexity index is 520. The average molecular weight is 359 g/mol. The number of anilines is 1. The van der Waals surface area contributed by atoms with Crippen LogP contribution in [-0.4, -0.2) is 41.7 Å². The Kier molecular flexibility index (Phi) is 6.48. The van der Waals surface area contributed by atoms with Crippen LogP contribution >= 0.6 is 15.9 Å². The number of carboxylic acid groups (broad SMARTS) is 1. The predicted octanol–water partition coefficient (Wildman–Crippen LogP) is 3.17. The van der Waals surface area contributed by atoms with Gasteiger partial charge in [0.25, 0.3) is 0 Å². The van der Waals surface area contributed by atoms with Crippen LogP contribution < -0.4 is 10.1 Å². The zero-order valence-corrected chi connectivity index (χ0v) is 13.8. The number of nitrogens with one attached hydrogen (secondary N) is 1. The Labute approximate surface area is 132 Å². The highest BCUT2D eigenvalue weighted by atomic mass is 79.9. The highest BCUT2D eigenvalue weighted by Crippen LogP contribution is 2.27. The van der Waals surface area contributed by atoms with Gasteiger partial charge in [0.1, 0.15) is 5.75 Å². The lowest BCUT2D eigenvalue weighted by Crippen LogP contribution is -2.41. The highest BCUT2D eigenvalue weighted by molar-refractivity contribution is 9.10. The number of aliphatic carboxylic acids is 1. The minimum Gasteiger partial charge on any atom is -0.497 e. The molecule has 116 valence electrons. The molecule has 6 nitrogen and oxygen atoms in total. The lowest BCUT2D eigenvalue weighted by atomic mass is 10.3. The van der Waals surface area contributed by atoms with Crippen LogP contribution in [0.25, 0.3) is 0 Å². The zero-order valence-electron chi connectivity index (χ0n) is 12.2. The molecule has 1 rings (SSSR count). The molecule has 0 heterocycles. The van der Waals surface area contributed by atoms with E-state index in [9.17, 15) is 9.59 Å². The molecule has 0 aliphatic carbocycles. The molecule has 0 spiro atoms. The van der Waals surface area contributed by atoms with Crippen molar-refractivity contribution in [2.45, 2.75) is 26.3 Å². The number of benzene rings is 1. The maximum Gasteiger partial charge on any atom is 0.322 e. The van der Waals surface area contributed by atoms with E-state index in [4.69, 9.17) is 9.84 Å². The van der Waals surface area contributed by atoms with Crippen LogP contribution in [0.4, 0.5) is 10.5 Å².